The lowest BCUT2D eigenvalue weighted by atomic mass is 9.93. The summed E-state index contributed by atoms with van der Waals surface area (Å²) in [4.78, 5) is 37.4. The SMILES string of the molecule is C[C@@H](CC(=O)[C@H]1CCCN1c1nc2c(=O)n(C)c(C3(F)CC3)nc2s1)c1ccccc1. The second-order valence-corrected chi connectivity index (χ2v) is 9.70. The average Bonchev–Trinajstić information content (AvgIpc) is 3.18. The van der Waals surface area contributed by atoms with Crippen molar-refractivity contribution in [3.05, 3.63) is 52.1 Å². The molecular weight excluding hydrogens is 415 g/mol. The molecular formula is C23H25FN4O2S. The predicted octanol–water partition coefficient (Wildman–Crippen LogP) is 4.08. The van der Waals surface area contributed by atoms with E-state index in [1.807, 2.05) is 23.1 Å². The standard InChI is InChI=1S/C23H25FN4O2S/c1-14(15-7-4-3-5-8-15)13-17(29)16-9-6-12-28(16)22-25-18-19(31-22)26-21(23(24)10-11-23)27(2)20(18)30/h3-5,7-8,14,16H,6,9-13H2,1-2H3/t14-,16+/m0/s1. The number of benzene rings is 1. The Balaban J connectivity index is 1.42. The van der Waals surface area contributed by atoms with Gasteiger partial charge in [0.2, 0.25) is 0 Å². The maximum atomic E-state index is 14.6. The first-order valence-electron chi connectivity index (χ1n) is 10.8. The Kier molecular flexibility index (Phi) is 4.92. The minimum Gasteiger partial charge on any atom is -0.338 e. The third-order valence-electron chi connectivity index (χ3n) is 6.47. The van der Waals surface area contributed by atoms with E-state index in [4.69, 9.17) is 0 Å². The van der Waals surface area contributed by atoms with Crippen molar-refractivity contribution in [3.63, 3.8) is 0 Å². The van der Waals surface area contributed by atoms with Gasteiger partial charge in [0.15, 0.2) is 32.8 Å². The zero-order chi connectivity index (χ0) is 21.8. The van der Waals surface area contributed by atoms with Crippen LogP contribution in [0.3, 0.4) is 0 Å². The summed E-state index contributed by atoms with van der Waals surface area (Å²) in [6.45, 7) is 2.79. The number of rotatable bonds is 6. The molecule has 0 N–H and O–H groups in total. The minimum atomic E-state index is -1.49. The molecule has 31 heavy (non-hydrogen) atoms. The molecule has 5 rings (SSSR count). The first kappa shape index (κ1) is 20.3. The van der Waals surface area contributed by atoms with E-state index in [0.29, 0.717) is 29.2 Å². The normalized spacial score (nSPS) is 20.9. The number of anilines is 1. The summed E-state index contributed by atoms with van der Waals surface area (Å²) in [6, 6.07) is 9.81. The summed E-state index contributed by atoms with van der Waals surface area (Å²) in [5.74, 6) is 0.517. The summed E-state index contributed by atoms with van der Waals surface area (Å²) in [5.41, 5.74) is -0.412. The van der Waals surface area contributed by atoms with Gasteiger partial charge in [-0.25, -0.2) is 14.4 Å². The number of hydrogen-bond acceptors (Lipinski definition) is 6. The summed E-state index contributed by atoms with van der Waals surface area (Å²) < 4.78 is 15.9. The lowest BCUT2D eigenvalue weighted by molar-refractivity contribution is -0.120. The van der Waals surface area contributed by atoms with Gasteiger partial charge in [-0.3, -0.25) is 14.2 Å². The number of ketones is 1. The van der Waals surface area contributed by atoms with Crippen molar-refractivity contribution >= 4 is 32.6 Å². The van der Waals surface area contributed by atoms with Crippen molar-refractivity contribution in [3.8, 4) is 0 Å². The molecule has 1 aliphatic carbocycles. The number of aromatic nitrogens is 3. The van der Waals surface area contributed by atoms with E-state index in [1.54, 1.807) is 7.05 Å². The van der Waals surface area contributed by atoms with Crippen LogP contribution in [-0.4, -0.2) is 32.9 Å². The molecule has 1 aliphatic heterocycles. The largest absolute Gasteiger partial charge is 0.338 e. The summed E-state index contributed by atoms with van der Waals surface area (Å²) >= 11 is 1.28. The van der Waals surface area contributed by atoms with Crippen LogP contribution in [0.1, 0.15) is 56.3 Å². The number of fused-ring (bicyclic) bond motifs is 1. The van der Waals surface area contributed by atoms with Gasteiger partial charge in [0, 0.05) is 20.0 Å². The second-order valence-electron chi connectivity index (χ2n) is 8.75. The maximum Gasteiger partial charge on any atom is 0.280 e. The van der Waals surface area contributed by atoms with E-state index >= 15 is 0 Å². The van der Waals surface area contributed by atoms with Crippen molar-refractivity contribution in [2.45, 2.75) is 56.7 Å². The highest BCUT2D eigenvalue weighted by Gasteiger charge is 2.49. The molecule has 0 bridgehead atoms. The van der Waals surface area contributed by atoms with Gasteiger partial charge in [-0.2, -0.15) is 0 Å². The number of Topliss-reactive ketones (excluding diaryl/α,β-unsaturated/α-hetero) is 1. The fourth-order valence-corrected chi connectivity index (χ4v) is 5.47. The highest BCUT2D eigenvalue weighted by Crippen LogP contribution is 2.48. The molecule has 0 radical (unpaired) electrons. The number of carbonyl (C=O) groups excluding carboxylic acids is 1. The number of hydrogen-bond donors (Lipinski definition) is 0. The molecule has 162 valence electrons. The number of nitrogens with zero attached hydrogens (tertiary/aromatic N) is 4. The van der Waals surface area contributed by atoms with E-state index in [1.165, 1.54) is 15.9 Å². The lowest BCUT2D eigenvalue weighted by Crippen LogP contribution is -2.36. The Hall–Kier alpha value is -2.61. The van der Waals surface area contributed by atoms with Crippen molar-refractivity contribution in [1.82, 2.24) is 14.5 Å². The molecule has 8 heteroatoms. The summed E-state index contributed by atoms with van der Waals surface area (Å²) in [6.07, 6.45) is 2.93. The van der Waals surface area contributed by atoms with Gasteiger partial charge in [0.1, 0.15) is 0 Å². The van der Waals surface area contributed by atoms with Gasteiger partial charge in [0.05, 0.1) is 6.04 Å². The molecule has 2 fully saturated rings. The Labute approximate surface area is 183 Å². The molecule has 2 atom stereocenters. The van der Waals surface area contributed by atoms with Crippen LogP contribution < -0.4 is 10.5 Å². The number of alkyl halides is 1. The molecule has 0 amide bonds. The van der Waals surface area contributed by atoms with Gasteiger partial charge in [-0.15, -0.1) is 0 Å². The van der Waals surface area contributed by atoms with Gasteiger partial charge >= 0.3 is 0 Å². The predicted molar refractivity (Wildman–Crippen MR) is 120 cm³/mol. The smallest absolute Gasteiger partial charge is 0.280 e. The van der Waals surface area contributed by atoms with Gasteiger partial charge in [-0.1, -0.05) is 48.6 Å². The van der Waals surface area contributed by atoms with Crippen molar-refractivity contribution in [2.75, 3.05) is 11.4 Å². The van der Waals surface area contributed by atoms with Crippen molar-refractivity contribution in [2.24, 2.45) is 7.05 Å². The number of thiazole rings is 1. The van der Waals surface area contributed by atoms with Gasteiger partial charge in [-0.05, 0) is 37.2 Å². The van der Waals surface area contributed by atoms with E-state index in [0.717, 1.165) is 24.9 Å². The first-order chi connectivity index (χ1) is 14.9. The van der Waals surface area contributed by atoms with Crippen LogP contribution in [0.15, 0.2) is 35.1 Å². The molecule has 3 heterocycles. The first-order valence-corrected chi connectivity index (χ1v) is 11.6. The topological polar surface area (TPSA) is 68.1 Å². The summed E-state index contributed by atoms with van der Waals surface area (Å²) in [5, 5.41) is 0.628. The van der Waals surface area contributed by atoms with Crippen LogP contribution >= 0.6 is 11.3 Å². The Morgan fingerprint density at radius 2 is 2.03 bits per heavy atom. The fraction of sp³-hybridized carbons (Fsp3) is 0.478. The van der Waals surface area contributed by atoms with E-state index in [-0.39, 0.29) is 34.6 Å². The van der Waals surface area contributed by atoms with Crippen LogP contribution in [0, 0.1) is 0 Å². The molecule has 1 aromatic carbocycles. The molecule has 3 aromatic rings. The molecule has 1 saturated heterocycles. The Morgan fingerprint density at radius 3 is 2.74 bits per heavy atom. The van der Waals surface area contributed by atoms with Gasteiger partial charge in [0.25, 0.3) is 5.56 Å². The Morgan fingerprint density at radius 1 is 1.29 bits per heavy atom. The third-order valence-corrected chi connectivity index (χ3v) is 7.45. The zero-order valence-corrected chi connectivity index (χ0v) is 18.5. The summed E-state index contributed by atoms with van der Waals surface area (Å²) in [7, 11) is 1.55. The van der Waals surface area contributed by atoms with Crippen LogP contribution in [-0.2, 0) is 17.5 Å². The molecule has 2 aromatic heterocycles. The third kappa shape index (κ3) is 3.56. The molecule has 0 unspecified atom stereocenters. The highest BCUT2D eigenvalue weighted by atomic mass is 32.1. The molecule has 1 saturated carbocycles. The van der Waals surface area contributed by atoms with Gasteiger partial charge < -0.3 is 4.90 Å². The molecule has 6 nitrogen and oxygen atoms in total. The Bertz CT molecular complexity index is 1200. The average molecular weight is 441 g/mol. The quantitative estimate of drug-likeness (QED) is 0.578. The fourth-order valence-electron chi connectivity index (χ4n) is 4.47. The van der Waals surface area contributed by atoms with Crippen molar-refractivity contribution < 1.29 is 9.18 Å². The number of halogens is 1. The zero-order valence-electron chi connectivity index (χ0n) is 17.7. The van der Waals surface area contributed by atoms with E-state index in [9.17, 15) is 14.0 Å². The van der Waals surface area contributed by atoms with E-state index < -0.39 is 5.67 Å². The van der Waals surface area contributed by atoms with Crippen LogP contribution in [0.25, 0.3) is 10.3 Å². The lowest BCUT2D eigenvalue weighted by Gasteiger charge is -2.24. The molecule has 0 spiro atoms. The highest BCUT2D eigenvalue weighted by molar-refractivity contribution is 7.21. The number of carbonyl (C=O) groups is 1. The monoisotopic (exact) mass is 440 g/mol. The minimum absolute atomic E-state index is 0.141. The van der Waals surface area contributed by atoms with Crippen LogP contribution in [0.5, 0.6) is 0 Å². The van der Waals surface area contributed by atoms with E-state index in [2.05, 4.69) is 29.0 Å². The second kappa shape index (κ2) is 7.51. The van der Waals surface area contributed by atoms with Crippen molar-refractivity contribution in [1.29, 1.82) is 0 Å². The van der Waals surface area contributed by atoms with Crippen LogP contribution in [0.2, 0.25) is 0 Å². The van der Waals surface area contributed by atoms with Crippen LogP contribution in [0.4, 0.5) is 9.52 Å². The maximum absolute atomic E-state index is 14.6. The molecule has 2 aliphatic rings.